The van der Waals surface area contributed by atoms with Crippen molar-refractivity contribution in [3.63, 3.8) is 0 Å². The molecule has 2 bridgehead atoms. The van der Waals surface area contributed by atoms with E-state index in [0.717, 1.165) is 19.4 Å². The van der Waals surface area contributed by atoms with E-state index in [1.54, 1.807) is 7.11 Å². The lowest BCUT2D eigenvalue weighted by atomic mass is 9.88. The fourth-order valence-corrected chi connectivity index (χ4v) is 2.32. The Balaban J connectivity index is 1.84. The van der Waals surface area contributed by atoms with Crippen molar-refractivity contribution in [2.24, 2.45) is 5.92 Å². The fourth-order valence-electron chi connectivity index (χ4n) is 2.32. The normalized spacial score (nSPS) is 42.2. The Morgan fingerprint density at radius 1 is 1.46 bits per heavy atom. The van der Waals surface area contributed by atoms with Gasteiger partial charge in [0.25, 0.3) is 0 Å². The molecule has 3 nitrogen and oxygen atoms in total. The summed E-state index contributed by atoms with van der Waals surface area (Å²) in [5.41, 5.74) is 0. The summed E-state index contributed by atoms with van der Waals surface area (Å²) in [4.78, 5) is 0. The zero-order valence-electron chi connectivity index (χ0n) is 7.94. The van der Waals surface area contributed by atoms with Crippen LogP contribution in [-0.4, -0.2) is 32.0 Å². The average Bonchev–Trinajstić information content (AvgIpc) is 2.72. The molecular weight excluding hydrogens is 168 g/mol. The van der Waals surface area contributed by atoms with Gasteiger partial charge in [0.05, 0.1) is 31.2 Å². The SMILES string of the molecule is C=COCC1CC2OC1CC2OC. The highest BCUT2D eigenvalue weighted by Gasteiger charge is 2.47. The zero-order chi connectivity index (χ0) is 9.26. The molecule has 0 radical (unpaired) electrons. The van der Waals surface area contributed by atoms with Gasteiger partial charge in [0.2, 0.25) is 0 Å². The van der Waals surface area contributed by atoms with Crippen LogP contribution in [0.2, 0.25) is 0 Å². The average molecular weight is 184 g/mol. The van der Waals surface area contributed by atoms with Crippen LogP contribution < -0.4 is 0 Å². The van der Waals surface area contributed by atoms with Gasteiger partial charge in [-0.3, -0.25) is 0 Å². The predicted molar refractivity (Wildman–Crippen MR) is 48.3 cm³/mol. The lowest BCUT2D eigenvalue weighted by molar-refractivity contribution is 0.0264. The largest absolute Gasteiger partial charge is 0.501 e. The van der Waals surface area contributed by atoms with E-state index in [-0.39, 0.29) is 0 Å². The van der Waals surface area contributed by atoms with Crippen molar-refractivity contribution in [2.45, 2.75) is 31.2 Å². The minimum atomic E-state index is 0.299. The van der Waals surface area contributed by atoms with Crippen LogP contribution in [0, 0.1) is 5.92 Å². The van der Waals surface area contributed by atoms with Crippen molar-refractivity contribution in [1.82, 2.24) is 0 Å². The summed E-state index contributed by atoms with van der Waals surface area (Å²) in [6, 6.07) is 0. The van der Waals surface area contributed by atoms with Crippen LogP contribution in [0.1, 0.15) is 12.8 Å². The molecule has 2 heterocycles. The van der Waals surface area contributed by atoms with Crippen molar-refractivity contribution in [2.75, 3.05) is 13.7 Å². The molecule has 0 aromatic rings. The summed E-state index contributed by atoms with van der Waals surface area (Å²) >= 11 is 0. The molecule has 2 fully saturated rings. The molecule has 0 saturated carbocycles. The van der Waals surface area contributed by atoms with Crippen molar-refractivity contribution in [1.29, 1.82) is 0 Å². The van der Waals surface area contributed by atoms with Gasteiger partial charge in [-0.25, -0.2) is 0 Å². The van der Waals surface area contributed by atoms with Gasteiger partial charge in [-0.1, -0.05) is 6.58 Å². The second-order valence-electron chi connectivity index (χ2n) is 3.72. The zero-order valence-corrected chi connectivity index (χ0v) is 7.94. The molecule has 0 amide bonds. The first-order valence-corrected chi connectivity index (χ1v) is 4.76. The molecule has 0 aromatic carbocycles. The molecule has 2 saturated heterocycles. The van der Waals surface area contributed by atoms with E-state index in [9.17, 15) is 0 Å². The standard InChI is InChI=1S/C10H16O3/c1-3-12-6-7-4-10-9(11-2)5-8(7)13-10/h3,7-10H,1,4-6H2,2H3. The van der Waals surface area contributed by atoms with Gasteiger partial charge in [-0.15, -0.1) is 0 Å². The molecule has 0 aliphatic carbocycles. The molecule has 0 N–H and O–H groups in total. The van der Waals surface area contributed by atoms with Crippen LogP contribution in [0.15, 0.2) is 12.8 Å². The van der Waals surface area contributed by atoms with Gasteiger partial charge < -0.3 is 14.2 Å². The number of hydrogen-bond acceptors (Lipinski definition) is 3. The quantitative estimate of drug-likeness (QED) is 0.617. The van der Waals surface area contributed by atoms with E-state index >= 15 is 0 Å². The Morgan fingerprint density at radius 3 is 2.85 bits per heavy atom. The molecule has 2 aliphatic heterocycles. The van der Waals surface area contributed by atoms with Gasteiger partial charge >= 0.3 is 0 Å². The molecule has 3 heteroatoms. The third-order valence-electron chi connectivity index (χ3n) is 3.02. The molecule has 74 valence electrons. The molecule has 2 aliphatic rings. The lowest BCUT2D eigenvalue weighted by Crippen LogP contribution is -2.30. The maximum absolute atomic E-state index is 5.75. The van der Waals surface area contributed by atoms with Gasteiger partial charge in [-0.2, -0.15) is 0 Å². The van der Waals surface area contributed by atoms with Crippen LogP contribution in [0.25, 0.3) is 0 Å². The Kier molecular flexibility index (Phi) is 2.56. The van der Waals surface area contributed by atoms with Crippen molar-refractivity contribution < 1.29 is 14.2 Å². The minimum Gasteiger partial charge on any atom is -0.501 e. The number of fused-ring (bicyclic) bond motifs is 2. The highest BCUT2D eigenvalue weighted by Crippen LogP contribution is 2.40. The summed E-state index contributed by atoms with van der Waals surface area (Å²) in [6.07, 6.45) is 4.54. The maximum atomic E-state index is 5.75. The van der Waals surface area contributed by atoms with Gasteiger partial charge in [0.15, 0.2) is 0 Å². The van der Waals surface area contributed by atoms with Gasteiger partial charge in [0.1, 0.15) is 0 Å². The maximum Gasteiger partial charge on any atom is 0.0926 e. The topological polar surface area (TPSA) is 27.7 Å². The highest BCUT2D eigenvalue weighted by atomic mass is 16.6. The third kappa shape index (κ3) is 1.58. The Morgan fingerprint density at radius 2 is 2.31 bits per heavy atom. The second kappa shape index (κ2) is 3.68. The number of rotatable bonds is 4. The molecule has 13 heavy (non-hydrogen) atoms. The predicted octanol–water partition coefficient (Wildman–Crippen LogP) is 1.34. The lowest BCUT2D eigenvalue weighted by Gasteiger charge is -2.22. The molecule has 2 rings (SSSR count). The summed E-state index contributed by atoms with van der Waals surface area (Å²) in [5.74, 6) is 0.536. The Bertz CT molecular complexity index is 193. The van der Waals surface area contributed by atoms with Crippen molar-refractivity contribution in [3.05, 3.63) is 12.8 Å². The summed E-state index contributed by atoms with van der Waals surface area (Å²) in [6.45, 7) is 4.26. The van der Waals surface area contributed by atoms with Crippen LogP contribution >= 0.6 is 0 Å². The van der Waals surface area contributed by atoms with Crippen LogP contribution in [0.5, 0.6) is 0 Å². The van der Waals surface area contributed by atoms with E-state index in [2.05, 4.69) is 6.58 Å². The first-order chi connectivity index (χ1) is 6.35. The van der Waals surface area contributed by atoms with Crippen LogP contribution in [-0.2, 0) is 14.2 Å². The molecular formula is C10H16O3. The molecule has 0 aromatic heterocycles. The van der Waals surface area contributed by atoms with Crippen molar-refractivity contribution >= 4 is 0 Å². The number of hydrogen-bond donors (Lipinski definition) is 0. The monoisotopic (exact) mass is 184 g/mol. The third-order valence-corrected chi connectivity index (χ3v) is 3.02. The van der Waals surface area contributed by atoms with E-state index in [4.69, 9.17) is 14.2 Å². The second-order valence-corrected chi connectivity index (χ2v) is 3.72. The molecule has 4 atom stereocenters. The first-order valence-electron chi connectivity index (χ1n) is 4.76. The van der Waals surface area contributed by atoms with Gasteiger partial charge in [0, 0.05) is 19.4 Å². The van der Waals surface area contributed by atoms with E-state index in [0.29, 0.717) is 24.2 Å². The van der Waals surface area contributed by atoms with E-state index in [1.165, 1.54) is 6.26 Å². The van der Waals surface area contributed by atoms with Crippen LogP contribution in [0.4, 0.5) is 0 Å². The number of methoxy groups -OCH3 is 1. The number of ether oxygens (including phenoxy) is 3. The van der Waals surface area contributed by atoms with E-state index in [1.807, 2.05) is 0 Å². The highest BCUT2D eigenvalue weighted by molar-refractivity contribution is 4.95. The van der Waals surface area contributed by atoms with E-state index < -0.39 is 0 Å². The molecule has 0 spiro atoms. The Labute approximate surface area is 78.7 Å². The van der Waals surface area contributed by atoms with Crippen molar-refractivity contribution in [3.8, 4) is 0 Å². The fraction of sp³-hybridized carbons (Fsp3) is 0.800. The Hall–Kier alpha value is -0.540. The minimum absolute atomic E-state index is 0.299. The molecule has 4 unspecified atom stereocenters. The van der Waals surface area contributed by atoms with Crippen LogP contribution in [0.3, 0.4) is 0 Å². The summed E-state index contributed by atoms with van der Waals surface area (Å²) in [5, 5.41) is 0. The smallest absolute Gasteiger partial charge is 0.0926 e. The van der Waals surface area contributed by atoms with Gasteiger partial charge in [-0.05, 0) is 6.42 Å². The summed E-state index contributed by atoms with van der Waals surface area (Å²) in [7, 11) is 1.75. The first kappa shape index (κ1) is 9.03. The summed E-state index contributed by atoms with van der Waals surface area (Å²) < 4.78 is 16.2.